The van der Waals surface area contributed by atoms with Crippen molar-refractivity contribution in [2.75, 3.05) is 0 Å². The molecule has 2 unspecified atom stereocenters. The minimum Gasteiger partial charge on any atom is -0.387 e. The molecule has 60 valence electrons. The smallest absolute Gasteiger partial charge is 0.136 e. The van der Waals surface area contributed by atoms with Gasteiger partial charge in [0, 0.05) is 0 Å². The normalized spacial score (nSPS) is 49.2. The number of hydrogen-bond donors (Lipinski definition) is 1. The Kier molecular flexibility index (Phi) is 1.75. The quantitative estimate of drug-likeness (QED) is 0.554. The molecule has 0 spiro atoms. The minimum atomic E-state index is -1.37. The van der Waals surface area contributed by atoms with Gasteiger partial charge in [-0.2, -0.15) is 0 Å². The Hall–Kier alpha value is -0.110. The van der Waals surface area contributed by atoms with Crippen LogP contribution < -0.4 is 0 Å². The lowest BCUT2D eigenvalue weighted by Gasteiger charge is -2.40. The topological polar surface area (TPSA) is 20.2 Å². The fraction of sp³-hybridized carbons (Fsp3) is 1.00. The van der Waals surface area contributed by atoms with E-state index in [1.165, 1.54) is 6.92 Å². The van der Waals surface area contributed by atoms with Crippen LogP contribution in [0.3, 0.4) is 0 Å². The van der Waals surface area contributed by atoms with Crippen molar-refractivity contribution in [3.63, 3.8) is 0 Å². The molecule has 0 aromatic carbocycles. The van der Waals surface area contributed by atoms with Crippen molar-refractivity contribution in [3.8, 4) is 0 Å². The Morgan fingerprint density at radius 1 is 1.20 bits per heavy atom. The highest BCUT2D eigenvalue weighted by molar-refractivity contribution is 4.96. The SMILES string of the molecule is CC1(O)CCCCC1(C)F. The van der Waals surface area contributed by atoms with Crippen LogP contribution in [0.2, 0.25) is 0 Å². The molecule has 0 bridgehead atoms. The number of aliphatic hydroxyl groups is 1. The standard InChI is InChI=1S/C8H15FO/c1-7(9)5-3-4-6-8(7,2)10/h10H,3-6H2,1-2H3. The number of rotatable bonds is 0. The maximum atomic E-state index is 13.4. The van der Waals surface area contributed by atoms with E-state index in [4.69, 9.17) is 0 Å². The summed E-state index contributed by atoms with van der Waals surface area (Å²) in [5.41, 5.74) is -2.46. The number of hydrogen-bond acceptors (Lipinski definition) is 1. The molecule has 1 saturated carbocycles. The van der Waals surface area contributed by atoms with Gasteiger partial charge in [0.1, 0.15) is 5.67 Å². The lowest BCUT2D eigenvalue weighted by Crippen LogP contribution is -2.48. The molecule has 0 heterocycles. The first-order valence-electron chi connectivity index (χ1n) is 3.87. The number of alkyl halides is 1. The molecular formula is C8H15FO. The van der Waals surface area contributed by atoms with Crippen LogP contribution in [-0.2, 0) is 0 Å². The predicted octanol–water partition coefficient (Wildman–Crippen LogP) is 2.04. The lowest BCUT2D eigenvalue weighted by molar-refractivity contribution is -0.108. The molecule has 2 atom stereocenters. The van der Waals surface area contributed by atoms with Gasteiger partial charge in [-0.25, -0.2) is 4.39 Å². The van der Waals surface area contributed by atoms with Crippen LogP contribution >= 0.6 is 0 Å². The molecule has 0 aliphatic heterocycles. The molecule has 2 heteroatoms. The van der Waals surface area contributed by atoms with E-state index in [1.807, 2.05) is 0 Å². The molecule has 1 fully saturated rings. The van der Waals surface area contributed by atoms with Gasteiger partial charge in [-0.15, -0.1) is 0 Å². The van der Waals surface area contributed by atoms with Crippen molar-refractivity contribution >= 4 is 0 Å². The summed E-state index contributed by atoms with van der Waals surface area (Å²) in [4.78, 5) is 0. The molecular weight excluding hydrogens is 131 g/mol. The molecule has 10 heavy (non-hydrogen) atoms. The van der Waals surface area contributed by atoms with E-state index >= 15 is 0 Å². The first-order valence-corrected chi connectivity index (χ1v) is 3.87. The maximum absolute atomic E-state index is 13.4. The fourth-order valence-electron chi connectivity index (χ4n) is 1.46. The Balaban J connectivity index is 2.70. The van der Waals surface area contributed by atoms with Gasteiger partial charge in [-0.05, 0) is 26.7 Å². The highest BCUT2D eigenvalue weighted by atomic mass is 19.1. The molecule has 1 N–H and O–H groups in total. The van der Waals surface area contributed by atoms with E-state index in [1.54, 1.807) is 6.92 Å². The van der Waals surface area contributed by atoms with Crippen LogP contribution in [0.25, 0.3) is 0 Å². The van der Waals surface area contributed by atoms with Crippen molar-refractivity contribution in [2.24, 2.45) is 0 Å². The molecule has 1 nitrogen and oxygen atoms in total. The second kappa shape index (κ2) is 2.19. The average Bonchev–Trinajstić information content (AvgIpc) is 1.77. The third-order valence-corrected chi connectivity index (χ3v) is 2.68. The van der Waals surface area contributed by atoms with Gasteiger partial charge in [-0.3, -0.25) is 0 Å². The monoisotopic (exact) mass is 146 g/mol. The zero-order valence-electron chi connectivity index (χ0n) is 6.65. The van der Waals surface area contributed by atoms with E-state index in [9.17, 15) is 9.50 Å². The van der Waals surface area contributed by atoms with Crippen molar-refractivity contribution in [1.82, 2.24) is 0 Å². The maximum Gasteiger partial charge on any atom is 0.136 e. The van der Waals surface area contributed by atoms with Gasteiger partial charge in [0.15, 0.2) is 0 Å². The van der Waals surface area contributed by atoms with E-state index < -0.39 is 11.3 Å². The molecule has 0 aromatic heterocycles. The Morgan fingerprint density at radius 2 is 1.70 bits per heavy atom. The summed E-state index contributed by atoms with van der Waals surface area (Å²) >= 11 is 0. The van der Waals surface area contributed by atoms with Crippen LogP contribution in [0.15, 0.2) is 0 Å². The Morgan fingerprint density at radius 3 is 2.00 bits per heavy atom. The second-order valence-electron chi connectivity index (χ2n) is 3.68. The first-order chi connectivity index (χ1) is 4.46. The van der Waals surface area contributed by atoms with E-state index in [0.29, 0.717) is 12.8 Å². The number of halogens is 1. The van der Waals surface area contributed by atoms with Gasteiger partial charge >= 0.3 is 0 Å². The summed E-state index contributed by atoms with van der Waals surface area (Å²) in [6.07, 6.45) is 2.95. The van der Waals surface area contributed by atoms with Gasteiger partial charge in [0.2, 0.25) is 0 Å². The molecule has 0 saturated heterocycles. The summed E-state index contributed by atoms with van der Waals surface area (Å²) in [6.45, 7) is 3.08. The minimum absolute atomic E-state index is 0.500. The van der Waals surface area contributed by atoms with E-state index in [2.05, 4.69) is 0 Å². The van der Waals surface area contributed by atoms with E-state index in [-0.39, 0.29) is 0 Å². The van der Waals surface area contributed by atoms with Crippen LogP contribution in [0.1, 0.15) is 39.5 Å². The van der Waals surface area contributed by atoms with Crippen molar-refractivity contribution in [3.05, 3.63) is 0 Å². The molecule has 0 radical (unpaired) electrons. The van der Waals surface area contributed by atoms with Crippen LogP contribution in [0, 0.1) is 0 Å². The van der Waals surface area contributed by atoms with Crippen molar-refractivity contribution in [1.29, 1.82) is 0 Å². The van der Waals surface area contributed by atoms with Gasteiger partial charge in [-0.1, -0.05) is 12.8 Å². The largest absolute Gasteiger partial charge is 0.387 e. The van der Waals surface area contributed by atoms with Crippen LogP contribution in [0.4, 0.5) is 4.39 Å². The van der Waals surface area contributed by atoms with Gasteiger partial charge in [0.05, 0.1) is 5.60 Å². The third kappa shape index (κ3) is 1.17. The highest BCUT2D eigenvalue weighted by Crippen LogP contribution is 2.39. The van der Waals surface area contributed by atoms with Gasteiger partial charge < -0.3 is 5.11 Å². The summed E-state index contributed by atoms with van der Waals surface area (Å²) in [7, 11) is 0. The summed E-state index contributed by atoms with van der Waals surface area (Å²) in [6, 6.07) is 0. The Labute approximate surface area is 61.2 Å². The molecule has 0 aromatic rings. The Bertz CT molecular complexity index is 113. The van der Waals surface area contributed by atoms with Crippen molar-refractivity contribution in [2.45, 2.75) is 50.8 Å². The molecule has 1 rings (SSSR count). The van der Waals surface area contributed by atoms with E-state index in [0.717, 1.165) is 12.8 Å². The molecule has 1 aliphatic rings. The van der Waals surface area contributed by atoms with Crippen LogP contribution in [-0.4, -0.2) is 16.4 Å². The lowest BCUT2D eigenvalue weighted by atomic mass is 9.75. The molecule has 1 aliphatic carbocycles. The summed E-state index contributed by atoms with van der Waals surface area (Å²) < 4.78 is 13.4. The average molecular weight is 146 g/mol. The van der Waals surface area contributed by atoms with Crippen molar-refractivity contribution < 1.29 is 9.50 Å². The first kappa shape index (κ1) is 7.99. The molecule has 0 amide bonds. The van der Waals surface area contributed by atoms with Crippen LogP contribution in [0.5, 0.6) is 0 Å². The van der Waals surface area contributed by atoms with Gasteiger partial charge in [0.25, 0.3) is 0 Å². The highest BCUT2D eigenvalue weighted by Gasteiger charge is 2.45. The third-order valence-electron chi connectivity index (χ3n) is 2.68. The summed E-state index contributed by atoms with van der Waals surface area (Å²) in [5.74, 6) is 0. The second-order valence-corrected chi connectivity index (χ2v) is 3.68. The zero-order valence-corrected chi connectivity index (χ0v) is 6.65. The summed E-state index contributed by atoms with van der Waals surface area (Å²) in [5, 5.41) is 9.53. The zero-order chi connectivity index (χ0) is 7.83. The predicted molar refractivity (Wildman–Crippen MR) is 38.6 cm³/mol. The fourth-order valence-corrected chi connectivity index (χ4v) is 1.46.